The number of thioether (sulfide) groups is 1. The molecule has 108 valence electrons. The molecule has 0 unspecified atom stereocenters. The number of halogens is 4. The summed E-state index contributed by atoms with van der Waals surface area (Å²) in [5, 5.41) is 3.04. The lowest BCUT2D eigenvalue weighted by atomic mass is 10.2. The van der Waals surface area contributed by atoms with Crippen molar-refractivity contribution in [3.05, 3.63) is 29.6 Å². The molecule has 19 heavy (non-hydrogen) atoms. The van der Waals surface area contributed by atoms with Crippen LogP contribution >= 0.6 is 11.8 Å². The molecule has 1 aromatic rings. The predicted molar refractivity (Wildman–Crippen MR) is 67.8 cm³/mol. The summed E-state index contributed by atoms with van der Waals surface area (Å²) < 4.78 is 54.1. The second-order valence-electron chi connectivity index (χ2n) is 3.69. The molecule has 0 aliphatic heterocycles. The van der Waals surface area contributed by atoms with E-state index in [9.17, 15) is 17.6 Å². The average molecular weight is 297 g/mol. The lowest BCUT2D eigenvalue weighted by Gasteiger charge is -2.09. The Kier molecular flexibility index (Phi) is 6.44. The van der Waals surface area contributed by atoms with Crippen LogP contribution in [-0.4, -0.2) is 24.4 Å². The smallest absolute Gasteiger partial charge is 0.441 e. The highest BCUT2D eigenvalue weighted by atomic mass is 32.2. The maximum absolute atomic E-state index is 13.6. The molecule has 1 aromatic carbocycles. The van der Waals surface area contributed by atoms with Crippen molar-refractivity contribution in [2.24, 2.45) is 0 Å². The third-order valence-electron chi connectivity index (χ3n) is 2.18. The summed E-state index contributed by atoms with van der Waals surface area (Å²) in [4.78, 5) is 0. The normalized spacial score (nSPS) is 11.6. The van der Waals surface area contributed by atoms with Gasteiger partial charge in [-0.05, 0) is 36.0 Å². The molecule has 0 amide bonds. The lowest BCUT2D eigenvalue weighted by Crippen LogP contribution is -2.12. The number of ether oxygens (including phenoxy) is 1. The monoisotopic (exact) mass is 297 g/mol. The van der Waals surface area contributed by atoms with E-state index in [1.807, 2.05) is 6.92 Å². The topological polar surface area (TPSA) is 21.3 Å². The fourth-order valence-electron chi connectivity index (χ4n) is 1.35. The van der Waals surface area contributed by atoms with E-state index in [1.165, 1.54) is 12.1 Å². The molecule has 1 rings (SSSR count). The van der Waals surface area contributed by atoms with E-state index in [0.717, 1.165) is 12.1 Å². The number of alkyl halides is 3. The van der Waals surface area contributed by atoms with Crippen LogP contribution in [-0.2, 0) is 6.54 Å². The SMILES string of the molecule is CCNCc1ccc(OCCSC(F)(F)F)c(F)c1. The molecule has 0 aliphatic rings. The molecule has 7 heteroatoms. The zero-order valence-electron chi connectivity index (χ0n) is 10.4. The summed E-state index contributed by atoms with van der Waals surface area (Å²) in [6.45, 7) is 3.06. The van der Waals surface area contributed by atoms with E-state index in [4.69, 9.17) is 4.74 Å². The number of rotatable bonds is 7. The highest BCUT2D eigenvalue weighted by Crippen LogP contribution is 2.30. The van der Waals surface area contributed by atoms with E-state index in [2.05, 4.69) is 5.32 Å². The van der Waals surface area contributed by atoms with Crippen LogP contribution in [0.15, 0.2) is 18.2 Å². The fraction of sp³-hybridized carbons (Fsp3) is 0.500. The minimum Gasteiger partial charge on any atom is -0.490 e. The maximum atomic E-state index is 13.6. The molecule has 0 saturated carbocycles. The van der Waals surface area contributed by atoms with Gasteiger partial charge in [0.25, 0.3) is 0 Å². The molecule has 0 aliphatic carbocycles. The minimum absolute atomic E-state index is 0.0250. The summed E-state index contributed by atoms with van der Waals surface area (Å²) in [6.07, 6.45) is 0. The highest BCUT2D eigenvalue weighted by molar-refractivity contribution is 8.00. The molecular formula is C12H15F4NOS. The van der Waals surface area contributed by atoms with Crippen LogP contribution in [0.3, 0.4) is 0 Å². The van der Waals surface area contributed by atoms with Gasteiger partial charge in [0.15, 0.2) is 11.6 Å². The van der Waals surface area contributed by atoms with Crippen LogP contribution in [0, 0.1) is 5.82 Å². The number of benzene rings is 1. The van der Waals surface area contributed by atoms with Crippen LogP contribution in [0.25, 0.3) is 0 Å². The molecule has 0 saturated heterocycles. The van der Waals surface area contributed by atoms with Crippen molar-refractivity contribution < 1.29 is 22.3 Å². The zero-order valence-corrected chi connectivity index (χ0v) is 11.2. The van der Waals surface area contributed by atoms with E-state index in [-0.39, 0.29) is 29.9 Å². The van der Waals surface area contributed by atoms with Gasteiger partial charge in [-0.15, -0.1) is 0 Å². The Labute approximate surface area is 113 Å². The molecule has 0 fully saturated rings. The van der Waals surface area contributed by atoms with Crippen molar-refractivity contribution in [2.75, 3.05) is 18.9 Å². The third-order valence-corrected chi connectivity index (χ3v) is 2.88. The van der Waals surface area contributed by atoms with Gasteiger partial charge in [-0.1, -0.05) is 13.0 Å². The fourth-order valence-corrected chi connectivity index (χ4v) is 1.75. The quantitative estimate of drug-likeness (QED) is 0.614. The maximum Gasteiger partial charge on any atom is 0.441 e. The van der Waals surface area contributed by atoms with Crippen molar-refractivity contribution in [1.29, 1.82) is 0 Å². The van der Waals surface area contributed by atoms with Crippen molar-refractivity contribution >= 4 is 11.8 Å². The summed E-state index contributed by atoms with van der Waals surface area (Å²) >= 11 is -0.185. The number of hydrogen-bond acceptors (Lipinski definition) is 3. The molecule has 0 atom stereocenters. The Morgan fingerprint density at radius 3 is 2.63 bits per heavy atom. The Morgan fingerprint density at radius 2 is 2.05 bits per heavy atom. The average Bonchev–Trinajstić information content (AvgIpc) is 2.32. The van der Waals surface area contributed by atoms with Gasteiger partial charge in [0.2, 0.25) is 0 Å². The first-order valence-corrected chi connectivity index (χ1v) is 6.73. The van der Waals surface area contributed by atoms with E-state index in [1.54, 1.807) is 6.07 Å². The van der Waals surface area contributed by atoms with Gasteiger partial charge < -0.3 is 10.1 Å². The largest absolute Gasteiger partial charge is 0.490 e. The van der Waals surface area contributed by atoms with Crippen molar-refractivity contribution in [3.63, 3.8) is 0 Å². The van der Waals surface area contributed by atoms with Gasteiger partial charge in [-0.2, -0.15) is 13.2 Å². The van der Waals surface area contributed by atoms with Crippen LogP contribution in [0.4, 0.5) is 17.6 Å². The van der Waals surface area contributed by atoms with Crippen LogP contribution < -0.4 is 10.1 Å². The van der Waals surface area contributed by atoms with Crippen LogP contribution in [0.1, 0.15) is 12.5 Å². The van der Waals surface area contributed by atoms with Gasteiger partial charge in [0, 0.05) is 12.3 Å². The Morgan fingerprint density at radius 1 is 1.32 bits per heavy atom. The first kappa shape index (κ1) is 16.1. The van der Waals surface area contributed by atoms with Gasteiger partial charge in [0.05, 0.1) is 6.61 Å². The lowest BCUT2D eigenvalue weighted by molar-refractivity contribution is -0.0329. The molecular weight excluding hydrogens is 282 g/mol. The Bertz CT molecular complexity index is 398. The zero-order chi connectivity index (χ0) is 14.3. The summed E-state index contributed by atoms with van der Waals surface area (Å²) in [5.41, 5.74) is -3.52. The van der Waals surface area contributed by atoms with Gasteiger partial charge >= 0.3 is 5.51 Å². The summed E-state index contributed by atoms with van der Waals surface area (Å²) in [6, 6.07) is 4.42. The molecule has 2 nitrogen and oxygen atoms in total. The van der Waals surface area contributed by atoms with Gasteiger partial charge in [-0.3, -0.25) is 0 Å². The first-order chi connectivity index (χ1) is 8.92. The number of hydrogen-bond donors (Lipinski definition) is 1. The second-order valence-corrected chi connectivity index (χ2v) is 4.85. The van der Waals surface area contributed by atoms with E-state index in [0.29, 0.717) is 6.54 Å². The molecule has 0 radical (unpaired) electrons. The van der Waals surface area contributed by atoms with Crippen LogP contribution in [0.5, 0.6) is 5.75 Å². The van der Waals surface area contributed by atoms with Gasteiger partial charge in [-0.25, -0.2) is 4.39 Å². The first-order valence-electron chi connectivity index (χ1n) is 5.75. The van der Waals surface area contributed by atoms with Gasteiger partial charge in [0.1, 0.15) is 0 Å². The minimum atomic E-state index is -4.28. The van der Waals surface area contributed by atoms with Crippen molar-refractivity contribution in [3.8, 4) is 5.75 Å². The van der Waals surface area contributed by atoms with Crippen molar-refractivity contribution in [2.45, 2.75) is 19.0 Å². The molecule has 0 aromatic heterocycles. The molecule has 0 spiro atoms. The molecule has 0 bridgehead atoms. The third kappa shape index (κ3) is 6.68. The Balaban J connectivity index is 2.42. The summed E-state index contributed by atoms with van der Waals surface area (Å²) in [7, 11) is 0. The standard InChI is InChI=1S/C12H15F4NOS/c1-2-17-8-9-3-4-11(10(13)7-9)18-5-6-19-12(14,15)16/h3-4,7,17H,2,5-6,8H2,1H3. The van der Waals surface area contributed by atoms with E-state index >= 15 is 0 Å². The Hall–Kier alpha value is -0.950. The number of nitrogens with one attached hydrogen (secondary N) is 1. The highest BCUT2D eigenvalue weighted by Gasteiger charge is 2.27. The predicted octanol–water partition coefficient (Wildman–Crippen LogP) is 3.57. The second kappa shape index (κ2) is 7.59. The van der Waals surface area contributed by atoms with E-state index < -0.39 is 11.3 Å². The molecule has 1 N–H and O–H groups in total. The molecule has 0 heterocycles. The summed E-state index contributed by atoms with van der Waals surface area (Å²) in [5.74, 6) is -0.849. The van der Waals surface area contributed by atoms with Crippen molar-refractivity contribution in [1.82, 2.24) is 5.32 Å². The van der Waals surface area contributed by atoms with Crippen LogP contribution in [0.2, 0.25) is 0 Å².